The number of nitrogens with one attached hydrogen (secondary N) is 1. The lowest BCUT2D eigenvalue weighted by atomic mass is 10.0. The number of carbonyl (C=O) groups is 2. The van der Waals surface area contributed by atoms with E-state index in [1.165, 1.54) is 23.9 Å². The molecule has 0 aliphatic carbocycles. The van der Waals surface area contributed by atoms with Crippen molar-refractivity contribution in [3.8, 4) is 5.75 Å². The zero-order valence-corrected chi connectivity index (χ0v) is 20.3. The van der Waals surface area contributed by atoms with Crippen molar-refractivity contribution in [1.82, 2.24) is 5.32 Å². The molecule has 1 fully saturated rings. The molecule has 1 saturated heterocycles. The molecule has 8 heteroatoms. The SMILES string of the molecule is O=C1NC(=Nc2cccc(C(=O)O)c2)S/C1=C\c1c(OCc2ccc(Cl)cc2)ccc2ccccc12. The fourth-order valence-electron chi connectivity index (χ4n) is 3.73. The fraction of sp³-hybridized carbons (Fsp3) is 0.0357. The maximum Gasteiger partial charge on any atom is 0.335 e. The van der Waals surface area contributed by atoms with Crippen LogP contribution in [0.15, 0.2) is 94.8 Å². The lowest BCUT2D eigenvalue weighted by molar-refractivity contribution is -0.115. The molecule has 1 heterocycles. The summed E-state index contributed by atoms with van der Waals surface area (Å²) in [6.45, 7) is 0.345. The Morgan fingerprint density at radius 2 is 1.83 bits per heavy atom. The van der Waals surface area contributed by atoms with Gasteiger partial charge in [0.2, 0.25) is 0 Å². The highest BCUT2D eigenvalue weighted by molar-refractivity contribution is 8.18. The minimum Gasteiger partial charge on any atom is -0.488 e. The van der Waals surface area contributed by atoms with E-state index in [9.17, 15) is 14.7 Å². The highest BCUT2D eigenvalue weighted by Gasteiger charge is 2.25. The number of fused-ring (bicyclic) bond motifs is 1. The Bertz CT molecular complexity index is 1550. The summed E-state index contributed by atoms with van der Waals surface area (Å²) in [7, 11) is 0. The summed E-state index contributed by atoms with van der Waals surface area (Å²) in [5.41, 5.74) is 2.32. The second-order valence-corrected chi connectivity index (χ2v) is 9.42. The number of hydrogen-bond donors (Lipinski definition) is 2. The number of carbonyl (C=O) groups excluding carboxylic acids is 1. The molecular formula is C28H19ClN2O4S. The molecule has 5 rings (SSSR count). The number of rotatable bonds is 6. The molecule has 6 nitrogen and oxygen atoms in total. The first-order valence-corrected chi connectivity index (χ1v) is 12.2. The van der Waals surface area contributed by atoms with Gasteiger partial charge in [0.1, 0.15) is 12.4 Å². The monoisotopic (exact) mass is 514 g/mol. The van der Waals surface area contributed by atoms with Crippen LogP contribution in [0.25, 0.3) is 16.8 Å². The van der Waals surface area contributed by atoms with Crippen LogP contribution in [0.3, 0.4) is 0 Å². The van der Waals surface area contributed by atoms with Crippen LogP contribution in [0.4, 0.5) is 5.69 Å². The van der Waals surface area contributed by atoms with Gasteiger partial charge in [0, 0.05) is 10.6 Å². The molecule has 0 bridgehead atoms. The van der Waals surface area contributed by atoms with E-state index < -0.39 is 5.97 Å². The van der Waals surface area contributed by atoms with Crippen molar-refractivity contribution in [2.24, 2.45) is 4.99 Å². The fourth-order valence-corrected chi connectivity index (χ4v) is 4.68. The summed E-state index contributed by atoms with van der Waals surface area (Å²) >= 11 is 7.18. The number of aliphatic imine (C=N–C) groups is 1. The van der Waals surface area contributed by atoms with Gasteiger partial charge in [-0.15, -0.1) is 0 Å². The molecule has 4 aromatic rings. The second-order valence-electron chi connectivity index (χ2n) is 7.95. The van der Waals surface area contributed by atoms with Gasteiger partial charge < -0.3 is 15.2 Å². The number of nitrogens with zero attached hydrogens (tertiary/aromatic N) is 1. The molecule has 2 N–H and O–H groups in total. The van der Waals surface area contributed by atoms with Gasteiger partial charge >= 0.3 is 5.97 Å². The largest absolute Gasteiger partial charge is 0.488 e. The molecule has 1 aliphatic heterocycles. The Hall–Kier alpha value is -4.07. The van der Waals surface area contributed by atoms with Gasteiger partial charge in [-0.2, -0.15) is 0 Å². The zero-order chi connectivity index (χ0) is 25.1. The van der Waals surface area contributed by atoms with Crippen LogP contribution in [0.5, 0.6) is 5.75 Å². The van der Waals surface area contributed by atoms with Crippen molar-refractivity contribution in [3.63, 3.8) is 0 Å². The molecule has 178 valence electrons. The maximum absolute atomic E-state index is 12.8. The number of ether oxygens (including phenoxy) is 1. The van der Waals surface area contributed by atoms with Gasteiger partial charge in [-0.05, 0) is 70.6 Å². The number of carboxylic acids is 1. The number of carboxylic acid groups (broad SMARTS) is 1. The Morgan fingerprint density at radius 3 is 2.64 bits per heavy atom. The third-order valence-electron chi connectivity index (χ3n) is 5.49. The first kappa shape index (κ1) is 23.7. The van der Waals surface area contributed by atoms with Gasteiger partial charge in [-0.1, -0.05) is 60.1 Å². The molecule has 4 aromatic carbocycles. The molecule has 0 atom stereocenters. The maximum atomic E-state index is 12.8. The van der Waals surface area contributed by atoms with Crippen LogP contribution in [-0.4, -0.2) is 22.2 Å². The van der Waals surface area contributed by atoms with Crippen molar-refractivity contribution in [1.29, 1.82) is 0 Å². The van der Waals surface area contributed by atoms with Gasteiger partial charge in [0.05, 0.1) is 16.2 Å². The molecule has 1 amide bonds. The minimum atomic E-state index is -1.04. The number of thioether (sulfide) groups is 1. The number of amides is 1. The van der Waals surface area contributed by atoms with Gasteiger partial charge in [-0.3, -0.25) is 4.79 Å². The summed E-state index contributed by atoms with van der Waals surface area (Å²) in [5.74, 6) is -0.684. The van der Waals surface area contributed by atoms with E-state index in [0.717, 1.165) is 21.9 Å². The average molecular weight is 515 g/mol. The summed E-state index contributed by atoms with van der Waals surface area (Å²) in [4.78, 5) is 28.9. The highest BCUT2D eigenvalue weighted by Crippen LogP contribution is 2.35. The topological polar surface area (TPSA) is 88.0 Å². The molecule has 0 aromatic heterocycles. The quantitative estimate of drug-likeness (QED) is 0.281. The summed E-state index contributed by atoms with van der Waals surface area (Å²) in [6, 6.07) is 25.5. The normalized spacial score (nSPS) is 15.4. The molecule has 0 spiro atoms. The van der Waals surface area contributed by atoms with Crippen LogP contribution >= 0.6 is 23.4 Å². The van der Waals surface area contributed by atoms with Gasteiger partial charge in [-0.25, -0.2) is 9.79 Å². The van der Waals surface area contributed by atoms with E-state index in [-0.39, 0.29) is 11.5 Å². The minimum absolute atomic E-state index is 0.125. The average Bonchev–Trinajstić information content (AvgIpc) is 3.22. The van der Waals surface area contributed by atoms with E-state index in [2.05, 4.69) is 10.3 Å². The van der Waals surface area contributed by atoms with Crippen molar-refractivity contribution < 1.29 is 19.4 Å². The predicted molar refractivity (Wildman–Crippen MR) is 144 cm³/mol. The predicted octanol–water partition coefficient (Wildman–Crippen LogP) is 6.66. The Morgan fingerprint density at radius 1 is 1.03 bits per heavy atom. The summed E-state index contributed by atoms with van der Waals surface area (Å²) in [6.07, 6.45) is 1.80. The smallest absolute Gasteiger partial charge is 0.335 e. The summed E-state index contributed by atoms with van der Waals surface area (Å²) < 4.78 is 6.16. The molecular weight excluding hydrogens is 496 g/mol. The number of hydrogen-bond acceptors (Lipinski definition) is 5. The van der Waals surface area contributed by atoms with Gasteiger partial charge in [0.15, 0.2) is 5.17 Å². The van der Waals surface area contributed by atoms with Crippen LogP contribution in [0, 0.1) is 0 Å². The van der Waals surface area contributed by atoms with E-state index in [0.29, 0.717) is 33.1 Å². The van der Waals surface area contributed by atoms with Crippen molar-refractivity contribution in [3.05, 3.63) is 112 Å². The third kappa shape index (κ3) is 5.27. The molecule has 0 radical (unpaired) electrons. The van der Waals surface area contributed by atoms with Crippen molar-refractivity contribution in [2.75, 3.05) is 0 Å². The van der Waals surface area contributed by atoms with Crippen LogP contribution in [0.2, 0.25) is 5.02 Å². The summed E-state index contributed by atoms with van der Waals surface area (Å²) in [5, 5.41) is 15.0. The van der Waals surface area contributed by atoms with Crippen molar-refractivity contribution in [2.45, 2.75) is 6.61 Å². The van der Waals surface area contributed by atoms with Crippen LogP contribution in [-0.2, 0) is 11.4 Å². The molecule has 1 aliphatic rings. The van der Waals surface area contributed by atoms with E-state index in [1.54, 1.807) is 18.2 Å². The van der Waals surface area contributed by atoms with E-state index in [4.69, 9.17) is 16.3 Å². The molecule has 0 unspecified atom stereocenters. The van der Waals surface area contributed by atoms with E-state index in [1.807, 2.05) is 60.7 Å². The Labute approximate surface area is 216 Å². The first-order chi connectivity index (χ1) is 17.5. The number of benzene rings is 4. The molecule has 0 saturated carbocycles. The zero-order valence-electron chi connectivity index (χ0n) is 18.8. The first-order valence-electron chi connectivity index (χ1n) is 11.0. The Kier molecular flexibility index (Phi) is 6.75. The number of halogens is 1. The van der Waals surface area contributed by atoms with Crippen molar-refractivity contribution >= 4 is 62.9 Å². The third-order valence-corrected chi connectivity index (χ3v) is 6.65. The number of aromatic carboxylic acids is 1. The lowest BCUT2D eigenvalue weighted by Crippen LogP contribution is -2.19. The van der Waals surface area contributed by atoms with E-state index >= 15 is 0 Å². The van der Waals surface area contributed by atoms with Crippen LogP contribution < -0.4 is 10.1 Å². The second kappa shape index (κ2) is 10.3. The number of amidine groups is 1. The lowest BCUT2D eigenvalue weighted by Gasteiger charge is -2.13. The highest BCUT2D eigenvalue weighted by atomic mass is 35.5. The van der Waals surface area contributed by atoms with Gasteiger partial charge in [0.25, 0.3) is 5.91 Å². The standard InChI is InChI=1S/C28H19ClN2O4S/c29-20-11-8-17(9-12-20)16-35-24-13-10-18-4-1-2-7-22(18)23(24)15-25-26(32)31-28(36-25)30-21-6-3-5-19(14-21)27(33)34/h1-15H,16H2,(H,33,34)(H,30,31,32)/b25-15-. The van der Waals surface area contributed by atoms with Crippen LogP contribution in [0.1, 0.15) is 21.5 Å². The Balaban J connectivity index is 1.47. The molecule has 36 heavy (non-hydrogen) atoms.